The van der Waals surface area contributed by atoms with Crippen LogP contribution >= 0.6 is 0 Å². The van der Waals surface area contributed by atoms with Crippen molar-refractivity contribution in [2.75, 3.05) is 6.54 Å². The van der Waals surface area contributed by atoms with Crippen LogP contribution in [0.1, 0.15) is 47.0 Å². The topological polar surface area (TPSA) is 41.1 Å². The molecule has 4 aliphatic rings. The quantitative estimate of drug-likeness (QED) is 0.786. The van der Waals surface area contributed by atoms with E-state index in [2.05, 4.69) is 38.3 Å². The Bertz CT molecular complexity index is 373. The first kappa shape index (κ1) is 12.5. The van der Waals surface area contributed by atoms with Gasteiger partial charge in [-0.25, -0.2) is 0 Å². The number of carbonyl (C=O) groups is 1. The molecule has 0 aromatic heterocycles. The average molecular weight is 250 g/mol. The molecule has 1 aliphatic heterocycles. The van der Waals surface area contributed by atoms with Gasteiger partial charge in [-0.1, -0.05) is 27.7 Å². The van der Waals surface area contributed by atoms with Gasteiger partial charge in [-0.3, -0.25) is 4.79 Å². The van der Waals surface area contributed by atoms with Crippen LogP contribution < -0.4 is 10.6 Å². The number of hydrogen-bond acceptors (Lipinski definition) is 2. The van der Waals surface area contributed by atoms with Crippen LogP contribution in [0.5, 0.6) is 0 Å². The second-order valence-electron chi connectivity index (χ2n) is 7.85. The molecule has 1 saturated heterocycles. The molecule has 2 N–H and O–H groups in total. The Kier molecular flexibility index (Phi) is 2.58. The van der Waals surface area contributed by atoms with E-state index in [-0.39, 0.29) is 17.4 Å². The molecule has 0 radical (unpaired) electrons. The van der Waals surface area contributed by atoms with Gasteiger partial charge in [0.05, 0.1) is 6.04 Å². The van der Waals surface area contributed by atoms with E-state index in [1.54, 1.807) is 0 Å². The molecule has 2 unspecified atom stereocenters. The van der Waals surface area contributed by atoms with E-state index in [1.165, 1.54) is 19.3 Å². The van der Waals surface area contributed by atoms with Gasteiger partial charge >= 0.3 is 0 Å². The molecule has 4 fully saturated rings. The van der Waals surface area contributed by atoms with Gasteiger partial charge in [-0.05, 0) is 36.5 Å². The van der Waals surface area contributed by atoms with Crippen LogP contribution in [0.15, 0.2) is 0 Å². The van der Waals surface area contributed by atoms with Gasteiger partial charge in [0, 0.05) is 18.0 Å². The summed E-state index contributed by atoms with van der Waals surface area (Å²) in [6.07, 6.45) is 3.94. The van der Waals surface area contributed by atoms with Crippen molar-refractivity contribution in [1.82, 2.24) is 10.6 Å². The van der Waals surface area contributed by atoms with E-state index in [0.717, 1.165) is 18.4 Å². The maximum Gasteiger partial charge on any atom is 0.237 e. The molecule has 4 atom stereocenters. The molecule has 2 bridgehead atoms. The fraction of sp³-hybridized carbons (Fsp3) is 0.933. The van der Waals surface area contributed by atoms with Gasteiger partial charge in [0.1, 0.15) is 0 Å². The van der Waals surface area contributed by atoms with Gasteiger partial charge in [-0.15, -0.1) is 0 Å². The Morgan fingerprint density at radius 3 is 2.44 bits per heavy atom. The summed E-state index contributed by atoms with van der Waals surface area (Å²) in [5.74, 6) is 1.88. The highest BCUT2D eigenvalue weighted by Crippen LogP contribution is 2.59. The van der Waals surface area contributed by atoms with Crippen molar-refractivity contribution in [2.45, 2.75) is 59.0 Å². The lowest BCUT2D eigenvalue weighted by molar-refractivity contribution is -0.124. The largest absolute Gasteiger partial charge is 0.354 e. The smallest absolute Gasteiger partial charge is 0.237 e. The van der Waals surface area contributed by atoms with Crippen LogP contribution in [0.4, 0.5) is 0 Å². The molecule has 4 rings (SSSR count). The van der Waals surface area contributed by atoms with Crippen LogP contribution in [0, 0.1) is 22.7 Å². The van der Waals surface area contributed by atoms with E-state index in [9.17, 15) is 4.79 Å². The van der Waals surface area contributed by atoms with Crippen LogP contribution in [0.2, 0.25) is 0 Å². The fourth-order valence-electron chi connectivity index (χ4n) is 4.40. The highest BCUT2D eigenvalue weighted by molar-refractivity contribution is 5.85. The lowest BCUT2D eigenvalue weighted by Crippen LogP contribution is -2.62. The van der Waals surface area contributed by atoms with Crippen LogP contribution in [0.25, 0.3) is 0 Å². The molecular weight excluding hydrogens is 224 g/mol. The predicted molar refractivity (Wildman–Crippen MR) is 72.1 cm³/mol. The number of amides is 1. The second kappa shape index (κ2) is 3.72. The molecule has 1 amide bonds. The lowest BCUT2D eigenvalue weighted by atomic mass is 9.47. The Balaban J connectivity index is 1.72. The number of carbonyl (C=O) groups excluding carboxylic acids is 1. The van der Waals surface area contributed by atoms with E-state index in [0.29, 0.717) is 11.5 Å². The SMILES string of the molecule is CC1(C)CNC(=O)C1NC1CC[C@H]2C[C@@H]1C2(C)C. The number of nitrogens with one attached hydrogen (secondary N) is 2. The van der Waals surface area contributed by atoms with E-state index >= 15 is 0 Å². The first-order valence-electron chi connectivity index (χ1n) is 7.36. The average Bonchev–Trinajstić information content (AvgIpc) is 2.56. The molecule has 3 heteroatoms. The van der Waals surface area contributed by atoms with Gasteiger partial charge in [-0.2, -0.15) is 0 Å². The predicted octanol–water partition coefficient (Wildman–Crippen LogP) is 1.93. The van der Waals surface area contributed by atoms with Crippen molar-refractivity contribution in [3.05, 3.63) is 0 Å². The first-order chi connectivity index (χ1) is 8.32. The minimum atomic E-state index is -0.00421. The zero-order valence-corrected chi connectivity index (χ0v) is 12.0. The standard InChI is InChI=1S/C15H26N2O/c1-14(2)8-16-13(18)12(14)17-11-6-5-9-7-10(11)15(9,3)4/h9-12,17H,5-8H2,1-4H3,(H,16,18)/t9-,10-,11?,12?/m0/s1. The minimum Gasteiger partial charge on any atom is -0.354 e. The monoisotopic (exact) mass is 250 g/mol. The van der Waals surface area contributed by atoms with Crippen molar-refractivity contribution in [2.24, 2.45) is 22.7 Å². The van der Waals surface area contributed by atoms with Crippen LogP contribution in [-0.2, 0) is 4.79 Å². The molecule has 3 aliphatic carbocycles. The van der Waals surface area contributed by atoms with Gasteiger partial charge in [0.2, 0.25) is 5.91 Å². The van der Waals surface area contributed by atoms with Crippen molar-refractivity contribution < 1.29 is 4.79 Å². The maximum atomic E-state index is 12.0. The summed E-state index contributed by atoms with van der Waals surface area (Å²) in [5, 5.41) is 6.69. The van der Waals surface area contributed by atoms with E-state index < -0.39 is 0 Å². The number of fused-ring (bicyclic) bond motifs is 2. The van der Waals surface area contributed by atoms with Crippen molar-refractivity contribution >= 4 is 5.91 Å². The molecular formula is C15H26N2O. The summed E-state index contributed by atoms with van der Waals surface area (Å²) in [6.45, 7) is 9.96. The Morgan fingerprint density at radius 1 is 1.22 bits per heavy atom. The molecule has 102 valence electrons. The molecule has 0 spiro atoms. The molecule has 3 nitrogen and oxygen atoms in total. The van der Waals surface area contributed by atoms with E-state index in [1.807, 2.05) is 0 Å². The summed E-state index contributed by atoms with van der Waals surface area (Å²) >= 11 is 0. The van der Waals surface area contributed by atoms with Crippen molar-refractivity contribution in [3.8, 4) is 0 Å². The highest BCUT2D eigenvalue weighted by Gasteiger charge is 2.55. The first-order valence-corrected chi connectivity index (χ1v) is 7.36. The maximum absolute atomic E-state index is 12.0. The summed E-state index contributed by atoms with van der Waals surface area (Å²) < 4.78 is 0. The Labute approximate surface area is 110 Å². The highest BCUT2D eigenvalue weighted by atomic mass is 16.2. The third-order valence-electron chi connectivity index (χ3n) is 6.00. The minimum absolute atomic E-state index is 0.00421. The zero-order chi connectivity index (χ0) is 13.1. The molecule has 18 heavy (non-hydrogen) atoms. The third-order valence-corrected chi connectivity index (χ3v) is 6.00. The summed E-state index contributed by atoms with van der Waals surface area (Å²) in [5.41, 5.74) is 0.525. The molecule has 3 saturated carbocycles. The summed E-state index contributed by atoms with van der Waals surface area (Å²) in [6, 6.07) is 0.536. The van der Waals surface area contributed by atoms with Crippen LogP contribution in [0.3, 0.4) is 0 Å². The number of rotatable bonds is 2. The molecule has 0 aromatic rings. The van der Waals surface area contributed by atoms with E-state index in [4.69, 9.17) is 0 Å². The van der Waals surface area contributed by atoms with Crippen molar-refractivity contribution in [3.63, 3.8) is 0 Å². The Morgan fingerprint density at radius 2 is 1.94 bits per heavy atom. The zero-order valence-electron chi connectivity index (χ0n) is 12.0. The normalized spacial score (nSPS) is 44.3. The fourth-order valence-corrected chi connectivity index (χ4v) is 4.40. The van der Waals surface area contributed by atoms with Gasteiger partial charge in [0.25, 0.3) is 0 Å². The van der Waals surface area contributed by atoms with Gasteiger partial charge < -0.3 is 10.6 Å². The molecule has 0 aromatic carbocycles. The van der Waals surface area contributed by atoms with Crippen LogP contribution in [-0.4, -0.2) is 24.5 Å². The Hall–Kier alpha value is -0.570. The van der Waals surface area contributed by atoms with Crippen molar-refractivity contribution in [1.29, 1.82) is 0 Å². The lowest BCUT2D eigenvalue weighted by Gasteiger charge is -2.60. The van der Waals surface area contributed by atoms with Gasteiger partial charge in [0.15, 0.2) is 0 Å². The summed E-state index contributed by atoms with van der Waals surface area (Å²) in [4.78, 5) is 12.0. The molecule has 1 heterocycles. The second-order valence-corrected chi connectivity index (χ2v) is 7.85. The number of hydrogen-bond donors (Lipinski definition) is 2. The summed E-state index contributed by atoms with van der Waals surface area (Å²) in [7, 11) is 0. The third kappa shape index (κ3) is 1.63.